The molecule has 0 amide bonds. The minimum absolute atomic E-state index is 0.0460. The summed E-state index contributed by atoms with van der Waals surface area (Å²) in [6, 6.07) is 7.77. The maximum Gasteiger partial charge on any atom is 0.212 e. The maximum atomic E-state index is 11.8. The molecule has 0 fully saturated rings. The normalized spacial score (nSPS) is 13.3. The van der Waals surface area contributed by atoms with Crippen LogP contribution in [-0.4, -0.2) is 34.1 Å². The number of nitrogens with zero attached hydrogens (tertiary/aromatic N) is 1. The second kappa shape index (κ2) is 7.12. The minimum atomic E-state index is -3.26. The van der Waals surface area contributed by atoms with Crippen molar-refractivity contribution in [3.8, 4) is 0 Å². The summed E-state index contributed by atoms with van der Waals surface area (Å²) >= 11 is 5.63. The molecule has 1 aromatic rings. The van der Waals surface area contributed by atoms with Crippen LogP contribution in [0.3, 0.4) is 0 Å². The number of benzene rings is 1. The molecule has 1 aromatic carbocycles. The van der Waals surface area contributed by atoms with Crippen LogP contribution in [0.5, 0.6) is 0 Å². The van der Waals surface area contributed by atoms with Gasteiger partial charge in [-0.1, -0.05) is 19.1 Å². The largest absolute Gasteiger partial charge is 0.378 e. The Labute approximate surface area is 120 Å². The van der Waals surface area contributed by atoms with Crippen molar-refractivity contribution >= 4 is 27.3 Å². The van der Waals surface area contributed by atoms with Gasteiger partial charge in [-0.3, -0.25) is 0 Å². The van der Waals surface area contributed by atoms with Crippen LogP contribution in [0.2, 0.25) is 0 Å². The van der Waals surface area contributed by atoms with Gasteiger partial charge in [0.2, 0.25) is 10.0 Å². The van der Waals surface area contributed by atoms with Crippen LogP contribution in [0.25, 0.3) is 0 Å². The summed E-state index contributed by atoms with van der Waals surface area (Å²) in [5.41, 5.74) is 2.02. The zero-order valence-corrected chi connectivity index (χ0v) is 13.1. The Kier molecular flexibility index (Phi) is 6.10. The summed E-state index contributed by atoms with van der Waals surface area (Å²) in [7, 11) is 0.665. The predicted molar refractivity (Wildman–Crippen MR) is 81.3 cm³/mol. The van der Waals surface area contributed by atoms with E-state index in [0.29, 0.717) is 12.4 Å². The van der Waals surface area contributed by atoms with Gasteiger partial charge in [-0.25, -0.2) is 13.1 Å². The lowest BCUT2D eigenvalue weighted by Gasteiger charge is -2.13. The molecule has 19 heavy (non-hydrogen) atoms. The van der Waals surface area contributed by atoms with Crippen LogP contribution in [0.4, 0.5) is 5.69 Å². The van der Waals surface area contributed by atoms with E-state index in [2.05, 4.69) is 4.72 Å². The Hall–Kier alpha value is -0.780. The molecule has 1 N–H and O–H groups in total. The second-order valence-electron chi connectivity index (χ2n) is 4.92. The molecule has 0 aliphatic rings. The highest BCUT2D eigenvalue weighted by molar-refractivity contribution is 7.89. The first-order chi connectivity index (χ1) is 8.84. The average Bonchev–Trinajstić information content (AvgIpc) is 2.36. The van der Waals surface area contributed by atoms with Crippen molar-refractivity contribution in [3.63, 3.8) is 0 Å². The van der Waals surface area contributed by atoms with E-state index in [1.807, 2.05) is 50.2 Å². The Balaban J connectivity index is 2.57. The molecule has 0 radical (unpaired) electrons. The van der Waals surface area contributed by atoms with Gasteiger partial charge >= 0.3 is 0 Å². The zero-order chi connectivity index (χ0) is 14.5. The van der Waals surface area contributed by atoms with Crippen LogP contribution in [0, 0.1) is 5.92 Å². The van der Waals surface area contributed by atoms with E-state index in [-0.39, 0.29) is 11.7 Å². The summed E-state index contributed by atoms with van der Waals surface area (Å²) in [6.07, 6.45) is 0. The topological polar surface area (TPSA) is 49.4 Å². The molecule has 0 aliphatic heterocycles. The summed E-state index contributed by atoms with van der Waals surface area (Å²) in [5, 5.41) is 0. The van der Waals surface area contributed by atoms with Gasteiger partial charge in [-0.15, -0.1) is 11.6 Å². The predicted octanol–water partition coefficient (Wildman–Crippen LogP) is 2.05. The molecule has 1 rings (SSSR count). The maximum absolute atomic E-state index is 11.8. The Bertz CT molecular complexity index is 486. The highest BCUT2D eigenvalue weighted by Gasteiger charge is 2.14. The van der Waals surface area contributed by atoms with Crippen molar-refractivity contribution in [2.24, 2.45) is 5.92 Å². The van der Waals surface area contributed by atoms with Gasteiger partial charge in [0.15, 0.2) is 0 Å². The first kappa shape index (κ1) is 16.3. The second-order valence-corrected chi connectivity index (χ2v) is 7.08. The van der Waals surface area contributed by atoms with Crippen molar-refractivity contribution in [2.45, 2.75) is 13.5 Å². The summed E-state index contributed by atoms with van der Waals surface area (Å²) in [4.78, 5) is 2.00. The molecule has 0 aromatic heterocycles. The fourth-order valence-electron chi connectivity index (χ4n) is 1.58. The first-order valence-corrected chi connectivity index (χ1v) is 8.32. The third-order valence-corrected chi connectivity index (χ3v) is 4.84. The average molecular weight is 305 g/mol. The Morgan fingerprint density at radius 1 is 1.26 bits per heavy atom. The van der Waals surface area contributed by atoms with Crippen molar-refractivity contribution in [2.75, 3.05) is 30.6 Å². The number of hydrogen-bond donors (Lipinski definition) is 1. The monoisotopic (exact) mass is 304 g/mol. The lowest BCUT2D eigenvalue weighted by atomic mass is 10.2. The molecular weight excluding hydrogens is 284 g/mol. The van der Waals surface area contributed by atoms with Crippen molar-refractivity contribution in [3.05, 3.63) is 29.8 Å². The Morgan fingerprint density at radius 2 is 1.84 bits per heavy atom. The van der Waals surface area contributed by atoms with Crippen molar-refractivity contribution in [1.82, 2.24) is 4.72 Å². The highest BCUT2D eigenvalue weighted by atomic mass is 35.5. The third kappa shape index (κ3) is 5.80. The smallest absolute Gasteiger partial charge is 0.212 e. The molecule has 0 heterocycles. The van der Waals surface area contributed by atoms with E-state index in [1.165, 1.54) is 0 Å². The summed E-state index contributed by atoms with van der Waals surface area (Å²) < 4.78 is 26.1. The Morgan fingerprint density at radius 3 is 2.32 bits per heavy atom. The van der Waals surface area contributed by atoms with Gasteiger partial charge in [0.05, 0.1) is 5.75 Å². The first-order valence-electron chi connectivity index (χ1n) is 6.13. The summed E-state index contributed by atoms with van der Waals surface area (Å²) in [6.45, 7) is 2.13. The molecule has 1 atom stereocenters. The molecule has 4 nitrogen and oxygen atoms in total. The number of sulfonamides is 1. The molecule has 0 bridgehead atoms. The standard InChI is InChI=1S/C13H21ClN2O2S/c1-11(8-14)10-19(17,18)15-9-12-4-6-13(7-5-12)16(2)3/h4-7,11,15H,8-10H2,1-3H3. The molecule has 1 unspecified atom stereocenters. The highest BCUT2D eigenvalue weighted by Crippen LogP contribution is 2.12. The van der Waals surface area contributed by atoms with E-state index in [4.69, 9.17) is 11.6 Å². The number of halogens is 1. The van der Waals surface area contributed by atoms with Crippen LogP contribution in [0.1, 0.15) is 12.5 Å². The van der Waals surface area contributed by atoms with E-state index < -0.39 is 10.0 Å². The fourth-order valence-corrected chi connectivity index (χ4v) is 3.19. The molecular formula is C13H21ClN2O2S. The number of nitrogens with one attached hydrogen (secondary N) is 1. The lowest BCUT2D eigenvalue weighted by molar-refractivity contribution is 0.568. The fraction of sp³-hybridized carbons (Fsp3) is 0.538. The van der Waals surface area contributed by atoms with E-state index in [0.717, 1.165) is 11.3 Å². The summed E-state index contributed by atoms with van der Waals surface area (Å²) in [5.74, 6) is 0.361. The number of alkyl halides is 1. The molecule has 108 valence electrons. The molecule has 0 saturated carbocycles. The van der Waals surface area contributed by atoms with Crippen molar-refractivity contribution in [1.29, 1.82) is 0 Å². The van der Waals surface area contributed by atoms with Gasteiger partial charge in [-0.05, 0) is 23.6 Å². The quantitative estimate of drug-likeness (QED) is 0.784. The van der Waals surface area contributed by atoms with E-state index in [9.17, 15) is 8.42 Å². The van der Waals surface area contributed by atoms with Crippen LogP contribution in [0.15, 0.2) is 24.3 Å². The van der Waals surface area contributed by atoms with Crippen LogP contribution in [-0.2, 0) is 16.6 Å². The number of anilines is 1. The number of rotatable bonds is 7. The third-order valence-electron chi connectivity index (χ3n) is 2.72. The van der Waals surface area contributed by atoms with Gasteiger partial charge in [0.1, 0.15) is 0 Å². The SMILES string of the molecule is CC(CCl)CS(=O)(=O)NCc1ccc(N(C)C)cc1. The number of hydrogen-bond acceptors (Lipinski definition) is 3. The lowest BCUT2D eigenvalue weighted by Crippen LogP contribution is -2.29. The molecule has 0 saturated heterocycles. The van der Waals surface area contributed by atoms with Crippen LogP contribution < -0.4 is 9.62 Å². The molecule has 0 spiro atoms. The van der Waals surface area contributed by atoms with E-state index >= 15 is 0 Å². The van der Waals surface area contributed by atoms with Gasteiger partial charge in [0.25, 0.3) is 0 Å². The van der Waals surface area contributed by atoms with Gasteiger partial charge in [-0.2, -0.15) is 0 Å². The molecule has 6 heteroatoms. The van der Waals surface area contributed by atoms with Gasteiger partial charge < -0.3 is 4.90 Å². The zero-order valence-electron chi connectivity index (χ0n) is 11.6. The van der Waals surface area contributed by atoms with E-state index in [1.54, 1.807) is 0 Å². The molecule has 0 aliphatic carbocycles. The van der Waals surface area contributed by atoms with Crippen LogP contribution >= 0.6 is 11.6 Å². The minimum Gasteiger partial charge on any atom is -0.378 e. The van der Waals surface area contributed by atoms with Gasteiger partial charge in [0, 0.05) is 32.2 Å². The van der Waals surface area contributed by atoms with Crippen molar-refractivity contribution < 1.29 is 8.42 Å².